The summed E-state index contributed by atoms with van der Waals surface area (Å²) in [5.74, 6) is -1.10. The van der Waals surface area contributed by atoms with Crippen molar-refractivity contribution in [3.63, 3.8) is 0 Å². The molecule has 0 aliphatic carbocycles. The molecule has 0 aromatic heterocycles. The number of methoxy groups -OCH3 is 3. The molecule has 0 saturated carbocycles. The fourth-order valence-electron chi connectivity index (χ4n) is 7.29. The molecular formula is C37H48N2O9. The molecule has 3 fully saturated rings. The third-order valence-corrected chi connectivity index (χ3v) is 9.88. The number of nitrogens with zero attached hydrogens (tertiary/aromatic N) is 1. The summed E-state index contributed by atoms with van der Waals surface area (Å²) in [6.45, 7) is 4.59. The normalized spacial score (nSPS) is 23.8. The van der Waals surface area contributed by atoms with Gasteiger partial charge in [0, 0.05) is 43.3 Å². The maximum atomic E-state index is 13.8. The molecule has 3 atom stereocenters. The lowest BCUT2D eigenvalue weighted by atomic mass is 9.82. The van der Waals surface area contributed by atoms with E-state index >= 15 is 0 Å². The third-order valence-electron chi connectivity index (χ3n) is 9.88. The molecule has 0 radical (unpaired) electrons. The Morgan fingerprint density at radius 1 is 1.00 bits per heavy atom. The zero-order chi connectivity index (χ0) is 34.4. The number of fused-ring (bicyclic) bond motifs is 4. The number of ketones is 1. The highest BCUT2D eigenvalue weighted by atomic mass is 16.5. The van der Waals surface area contributed by atoms with E-state index in [2.05, 4.69) is 10.2 Å². The predicted molar refractivity (Wildman–Crippen MR) is 180 cm³/mol. The highest BCUT2D eigenvalue weighted by Crippen LogP contribution is 2.48. The SMILES string of the molecule is COc1cc(C(CC(=O)NC2CN3CCC2CC3)c2c(O)cc3c(c2O)C(=O)OC(C)CCCC(=O)CCCC=C3)cc(OC)c1OC. The number of amides is 1. The number of phenols is 2. The molecule has 11 heteroatoms. The number of hydrogen-bond donors (Lipinski definition) is 3. The first-order valence-electron chi connectivity index (χ1n) is 16.9. The molecule has 48 heavy (non-hydrogen) atoms. The van der Waals surface area contributed by atoms with Gasteiger partial charge in [0.1, 0.15) is 22.8 Å². The molecule has 2 aromatic rings. The summed E-state index contributed by atoms with van der Waals surface area (Å²) >= 11 is 0. The van der Waals surface area contributed by atoms with Crippen molar-refractivity contribution in [1.82, 2.24) is 10.2 Å². The van der Waals surface area contributed by atoms with Gasteiger partial charge in [0.05, 0.1) is 27.4 Å². The predicted octanol–water partition coefficient (Wildman–Crippen LogP) is 5.34. The van der Waals surface area contributed by atoms with Crippen LogP contribution in [0.15, 0.2) is 24.3 Å². The Balaban J connectivity index is 1.60. The summed E-state index contributed by atoms with van der Waals surface area (Å²) < 4.78 is 22.5. The lowest BCUT2D eigenvalue weighted by Crippen LogP contribution is -2.57. The van der Waals surface area contributed by atoms with E-state index in [4.69, 9.17) is 18.9 Å². The van der Waals surface area contributed by atoms with Crippen LogP contribution in [-0.4, -0.2) is 85.9 Å². The molecule has 0 spiro atoms. The lowest BCUT2D eigenvalue weighted by molar-refractivity contribution is -0.123. The van der Waals surface area contributed by atoms with E-state index in [1.165, 1.54) is 27.4 Å². The number of rotatable bonds is 8. The quantitative estimate of drug-likeness (QED) is 0.317. The van der Waals surface area contributed by atoms with Gasteiger partial charge < -0.3 is 39.4 Å². The minimum Gasteiger partial charge on any atom is -0.507 e. The van der Waals surface area contributed by atoms with Crippen molar-refractivity contribution in [2.24, 2.45) is 5.92 Å². The average molecular weight is 665 g/mol. The summed E-state index contributed by atoms with van der Waals surface area (Å²) in [6, 6.07) is 4.78. The Kier molecular flexibility index (Phi) is 11.5. The minimum atomic E-state index is -0.918. The molecule has 2 aromatic carbocycles. The van der Waals surface area contributed by atoms with Crippen molar-refractivity contribution >= 4 is 23.7 Å². The van der Waals surface area contributed by atoms with Crippen LogP contribution in [0.3, 0.4) is 0 Å². The second-order valence-electron chi connectivity index (χ2n) is 13.1. The Bertz CT molecular complexity index is 1500. The molecule has 4 heterocycles. The standard InChI is InChI=1S/C37H48N2O9/c1-22-9-8-12-26(40)11-7-5-6-10-24-17-29(41)34(35(43)33(24)37(44)48-22)27(25-18-30(45-2)36(47-4)31(19-25)46-3)20-32(42)38-28-21-39-15-13-23(28)14-16-39/h6,10,17-19,22-23,27-28,41,43H,5,7-9,11-16,20-21H2,1-4H3,(H,38,42). The summed E-state index contributed by atoms with van der Waals surface area (Å²) in [6.07, 6.45) is 8.03. The van der Waals surface area contributed by atoms with Gasteiger partial charge in [-0.05, 0) is 93.8 Å². The van der Waals surface area contributed by atoms with E-state index < -0.39 is 23.7 Å². The monoisotopic (exact) mass is 664 g/mol. The van der Waals surface area contributed by atoms with Gasteiger partial charge in [-0.1, -0.05) is 12.2 Å². The van der Waals surface area contributed by atoms with Crippen LogP contribution in [0, 0.1) is 5.92 Å². The van der Waals surface area contributed by atoms with Gasteiger partial charge >= 0.3 is 5.97 Å². The Hall–Kier alpha value is -4.25. The van der Waals surface area contributed by atoms with Crippen molar-refractivity contribution in [3.05, 3.63) is 46.5 Å². The van der Waals surface area contributed by atoms with Crippen LogP contribution in [0.1, 0.15) is 97.7 Å². The summed E-state index contributed by atoms with van der Waals surface area (Å²) in [4.78, 5) is 42.1. The van der Waals surface area contributed by atoms with Crippen molar-refractivity contribution in [2.75, 3.05) is 41.0 Å². The maximum absolute atomic E-state index is 13.8. The van der Waals surface area contributed by atoms with Crippen LogP contribution < -0.4 is 19.5 Å². The number of esters is 1. The number of cyclic esters (lactones) is 1. The van der Waals surface area contributed by atoms with Crippen LogP contribution in [0.5, 0.6) is 28.7 Å². The molecule has 260 valence electrons. The maximum Gasteiger partial charge on any atom is 0.342 e. The molecule has 4 aliphatic rings. The van der Waals surface area contributed by atoms with Crippen molar-refractivity contribution in [3.8, 4) is 28.7 Å². The third kappa shape index (κ3) is 7.89. The molecule has 2 bridgehead atoms. The second-order valence-corrected chi connectivity index (χ2v) is 13.1. The van der Waals surface area contributed by atoms with E-state index in [0.29, 0.717) is 67.3 Å². The first kappa shape index (κ1) is 35.1. The summed E-state index contributed by atoms with van der Waals surface area (Å²) in [7, 11) is 4.45. The topological polar surface area (TPSA) is 144 Å². The fraction of sp³-hybridized carbons (Fsp3) is 0.541. The smallest absolute Gasteiger partial charge is 0.342 e. The number of hydrogen-bond acceptors (Lipinski definition) is 10. The van der Waals surface area contributed by atoms with Gasteiger partial charge in [0.2, 0.25) is 11.7 Å². The lowest BCUT2D eigenvalue weighted by Gasteiger charge is -2.45. The van der Waals surface area contributed by atoms with E-state index in [0.717, 1.165) is 32.5 Å². The van der Waals surface area contributed by atoms with E-state index in [1.807, 2.05) is 6.08 Å². The molecular weight excluding hydrogens is 616 g/mol. The van der Waals surface area contributed by atoms with Crippen LogP contribution in [0.25, 0.3) is 6.08 Å². The minimum absolute atomic E-state index is 0.00413. The second kappa shape index (κ2) is 15.8. The Morgan fingerprint density at radius 2 is 1.69 bits per heavy atom. The molecule has 4 aliphatic heterocycles. The van der Waals surface area contributed by atoms with Crippen LogP contribution in [0.2, 0.25) is 0 Å². The number of piperidine rings is 3. The Morgan fingerprint density at radius 3 is 2.31 bits per heavy atom. The summed E-state index contributed by atoms with van der Waals surface area (Å²) in [5.41, 5.74) is 0.683. The largest absolute Gasteiger partial charge is 0.507 e. The first-order chi connectivity index (χ1) is 23.1. The van der Waals surface area contributed by atoms with Crippen LogP contribution in [-0.2, 0) is 14.3 Å². The molecule has 3 N–H and O–H groups in total. The molecule has 3 unspecified atom stereocenters. The highest BCUT2D eigenvalue weighted by Gasteiger charge is 2.37. The van der Waals surface area contributed by atoms with Gasteiger partial charge in [0.15, 0.2) is 11.5 Å². The fourth-order valence-corrected chi connectivity index (χ4v) is 7.29. The number of ether oxygens (including phenoxy) is 4. The zero-order valence-corrected chi connectivity index (χ0v) is 28.4. The highest BCUT2D eigenvalue weighted by molar-refractivity contribution is 5.98. The molecule has 6 rings (SSSR count). The zero-order valence-electron chi connectivity index (χ0n) is 28.4. The van der Waals surface area contributed by atoms with Crippen molar-refractivity contribution in [2.45, 2.75) is 82.8 Å². The Labute approximate surface area is 282 Å². The summed E-state index contributed by atoms with van der Waals surface area (Å²) in [5, 5.41) is 26.8. The number of phenolic OH excluding ortho intramolecular Hbond substituents is 2. The van der Waals surface area contributed by atoms with Gasteiger partial charge in [-0.2, -0.15) is 0 Å². The van der Waals surface area contributed by atoms with Crippen molar-refractivity contribution in [1.29, 1.82) is 0 Å². The molecule has 11 nitrogen and oxygen atoms in total. The molecule has 3 saturated heterocycles. The molecule has 1 amide bonds. The van der Waals surface area contributed by atoms with Gasteiger partial charge in [-0.15, -0.1) is 0 Å². The first-order valence-corrected chi connectivity index (χ1v) is 16.9. The number of allylic oxidation sites excluding steroid dienone is 1. The van der Waals surface area contributed by atoms with E-state index in [-0.39, 0.29) is 46.6 Å². The number of carbonyl (C=O) groups is 3. The number of nitrogens with one attached hydrogen (secondary N) is 1. The van der Waals surface area contributed by atoms with Gasteiger partial charge in [-0.3, -0.25) is 9.59 Å². The average Bonchev–Trinajstić information content (AvgIpc) is 3.06. The number of aromatic hydroxyl groups is 2. The van der Waals surface area contributed by atoms with Crippen LogP contribution >= 0.6 is 0 Å². The van der Waals surface area contributed by atoms with Crippen LogP contribution in [0.4, 0.5) is 0 Å². The van der Waals surface area contributed by atoms with E-state index in [9.17, 15) is 24.6 Å². The number of carbonyl (C=O) groups excluding carboxylic acids is 3. The van der Waals surface area contributed by atoms with Gasteiger partial charge in [-0.25, -0.2) is 4.79 Å². The number of benzene rings is 2. The van der Waals surface area contributed by atoms with Gasteiger partial charge in [0.25, 0.3) is 0 Å². The number of Topliss-reactive ketones (excluding diaryl/α,β-unsaturated/α-hetero) is 1. The van der Waals surface area contributed by atoms with Crippen molar-refractivity contribution < 1.29 is 43.5 Å². The van der Waals surface area contributed by atoms with E-state index in [1.54, 1.807) is 25.1 Å².